The number of halogens is 1. The molecular formula is C13H24ClNO. The molecule has 1 fully saturated rings. The van der Waals surface area contributed by atoms with Crippen LogP contribution in [0.25, 0.3) is 0 Å². The normalized spacial score (nSPS) is 25.0. The van der Waals surface area contributed by atoms with Gasteiger partial charge in [0.1, 0.15) is 0 Å². The van der Waals surface area contributed by atoms with Crippen molar-refractivity contribution in [3.05, 3.63) is 0 Å². The van der Waals surface area contributed by atoms with Gasteiger partial charge in [-0.2, -0.15) is 0 Å². The Morgan fingerprint density at radius 1 is 1.38 bits per heavy atom. The van der Waals surface area contributed by atoms with Crippen molar-refractivity contribution in [3.63, 3.8) is 0 Å². The first kappa shape index (κ1) is 13.8. The van der Waals surface area contributed by atoms with Crippen LogP contribution >= 0.6 is 11.6 Å². The van der Waals surface area contributed by atoms with E-state index in [1.54, 1.807) is 0 Å². The van der Waals surface area contributed by atoms with Gasteiger partial charge in [0.05, 0.1) is 0 Å². The van der Waals surface area contributed by atoms with Gasteiger partial charge in [0.25, 0.3) is 0 Å². The summed E-state index contributed by atoms with van der Waals surface area (Å²) >= 11 is 5.91. The summed E-state index contributed by atoms with van der Waals surface area (Å²) in [5.41, 5.74) is 0. The van der Waals surface area contributed by atoms with E-state index in [0.717, 1.165) is 18.8 Å². The molecule has 3 heteroatoms. The lowest BCUT2D eigenvalue weighted by molar-refractivity contribution is -0.121. The van der Waals surface area contributed by atoms with Gasteiger partial charge in [0, 0.05) is 18.8 Å². The molecule has 1 aliphatic carbocycles. The number of alkyl halides is 1. The molecule has 2 nitrogen and oxygen atoms in total. The number of rotatable bonds is 6. The molecule has 1 rings (SSSR count). The number of hydrogen-bond acceptors (Lipinski definition) is 1. The summed E-state index contributed by atoms with van der Waals surface area (Å²) in [6.45, 7) is 5.12. The maximum Gasteiger partial charge on any atom is 0.220 e. The molecule has 1 saturated carbocycles. The molecular weight excluding hydrogens is 222 g/mol. The Labute approximate surface area is 104 Å². The minimum absolute atomic E-state index is 0.203. The van der Waals surface area contributed by atoms with E-state index in [4.69, 9.17) is 11.6 Å². The van der Waals surface area contributed by atoms with E-state index in [-0.39, 0.29) is 5.91 Å². The highest BCUT2D eigenvalue weighted by Crippen LogP contribution is 2.31. The lowest BCUT2D eigenvalue weighted by Gasteiger charge is -2.17. The van der Waals surface area contributed by atoms with Gasteiger partial charge in [-0.3, -0.25) is 4.79 Å². The fraction of sp³-hybridized carbons (Fsp3) is 0.923. The van der Waals surface area contributed by atoms with E-state index >= 15 is 0 Å². The molecule has 0 aromatic heterocycles. The highest BCUT2D eigenvalue weighted by molar-refractivity contribution is 6.18. The predicted molar refractivity (Wildman–Crippen MR) is 68.6 cm³/mol. The van der Waals surface area contributed by atoms with Crippen molar-refractivity contribution in [2.24, 2.45) is 17.8 Å². The average molecular weight is 246 g/mol. The second-order valence-corrected chi connectivity index (χ2v) is 5.65. The Bertz CT molecular complexity index is 218. The molecule has 2 unspecified atom stereocenters. The van der Waals surface area contributed by atoms with Crippen LogP contribution in [-0.2, 0) is 4.79 Å². The Balaban J connectivity index is 2.16. The van der Waals surface area contributed by atoms with Crippen LogP contribution in [0.1, 0.15) is 46.0 Å². The number of amides is 1. The van der Waals surface area contributed by atoms with Crippen LogP contribution in [0.2, 0.25) is 0 Å². The van der Waals surface area contributed by atoms with Crippen LogP contribution in [0.3, 0.4) is 0 Å². The van der Waals surface area contributed by atoms with Crippen molar-refractivity contribution >= 4 is 17.5 Å². The number of carbonyl (C=O) groups excluding carboxylic acids is 1. The molecule has 94 valence electrons. The quantitative estimate of drug-likeness (QED) is 0.716. The van der Waals surface area contributed by atoms with Crippen molar-refractivity contribution in [3.8, 4) is 0 Å². The van der Waals surface area contributed by atoms with Gasteiger partial charge >= 0.3 is 0 Å². The van der Waals surface area contributed by atoms with E-state index in [9.17, 15) is 4.79 Å². The standard InChI is InChI=1S/C13H24ClNO/c1-10(2)6-7-13(16)15-9-12-5-3-4-11(12)8-14/h10-12H,3-9H2,1-2H3,(H,15,16). The molecule has 0 bridgehead atoms. The fourth-order valence-corrected chi connectivity index (χ4v) is 2.74. The molecule has 16 heavy (non-hydrogen) atoms. The Kier molecular flexibility index (Phi) is 6.18. The lowest BCUT2D eigenvalue weighted by Crippen LogP contribution is -2.31. The third-order valence-corrected chi connectivity index (χ3v) is 3.92. The second kappa shape index (κ2) is 7.16. The molecule has 1 N–H and O–H groups in total. The molecule has 0 spiro atoms. The van der Waals surface area contributed by atoms with Crippen LogP contribution in [0.5, 0.6) is 0 Å². The first-order chi connectivity index (χ1) is 7.63. The Morgan fingerprint density at radius 3 is 2.69 bits per heavy atom. The molecule has 0 heterocycles. The molecule has 0 radical (unpaired) electrons. The summed E-state index contributed by atoms with van der Waals surface area (Å²) in [5, 5.41) is 3.05. The van der Waals surface area contributed by atoms with E-state index in [1.165, 1.54) is 19.3 Å². The Hall–Kier alpha value is -0.240. The second-order valence-electron chi connectivity index (χ2n) is 5.34. The maximum absolute atomic E-state index is 11.6. The van der Waals surface area contributed by atoms with E-state index < -0.39 is 0 Å². The summed E-state index contributed by atoms with van der Waals surface area (Å²) in [7, 11) is 0. The van der Waals surface area contributed by atoms with E-state index in [1.807, 2.05) is 0 Å². The van der Waals surface area contributed by atoms with E-state index in [2.05, 4.69) is 19.2 Å². The van der Waals surface area contributed by atoms with Crippen LogP contribution in [0, 0.1) is 17.8 Å². The van der Waals surface area contributed by atoms with Gasteiger partial charge < -0.3 is 5.32 Å². The van der Waals surface area contributed by atoms with Crippen LogP contribution in [0.4, 0.5) is 0 Å². The molecule has 0 aliphatic heterocycles. The number of hydrogen-bond donors (Lipinski definition) is 1. The highest BCUT2D eigenvalue weighted by Gasteiger charge is 2.26. The van der Waals surface area contributed by atoms with Gasteiger partial charge in [-0.25, -0.2) is 0 Å². The topological polar surface area (TPSA) is 29.1 Å². The van der Waals surface area contributed by atoms with Crippen molar-refractivity contribution < 1.29 is 4.79 Å². The molecule has 1 amide bonds. The zero-order valence-electron chi connectivity index (χ0n) is 10.5. The largest absolute Gasteiger partial charge is 0.356 e. The summed E-state index contributed by atoms with van der Waals surface area (Å²) in [6.07, 6.45) is 5.37. The number of nitrogens with one attached hydrogen (secondary N) is 1. The maximum atomic E-state index is 11.6. The predicted octanol–water partition coefficient (Wildman–Crippen LogP) is 3.19. The average Bonchev–Trinajstić information content (AvgIpc) is 2.70. The van der Waals surface area contributed by atoms with E-state index in [0.29, 0.717) is 24.2 Å². The van der Waals surface area contributed by atoms with Crippen molar-refractivity contribution in [1.82, 2.24) is 5.32 Å². The summed E-state index contributed by atoms with van der Waals surface area (Å²) < 4.78 is 0. The van der Waals surface area contributed by atoms with Gasteiger partial charge in [-0.1, -0.05) is 20.3 Å². The van der Waals surface area contributed by atoms with Crippen LogP contribution < -0.4 is 5.32 Å². The lowest BCUT2D eigenvalue weighted by atomic mass is 9.98. The minimum Gasteiger partial charge on any atom is -0.356 e. The molecule has 0 saturated heterocycles. The zero-order chi connectivity index (χ0) is 12.0. The van der Waals surface area contributed by atoms with Crippen LogP contribution in [-0.4, -0.2) is 18.3 Å². The summed E-state index contributed by atoms with van der Waals surface area (Å²) in [5.74, 6) is 2.78. The molecule has 1 aliphatic rings. The fourth-order valence-electron chi connectivity index (χ4n) is 2.34. The van der Waals surface area contributed by atoms with Crippen molar-refractivity contribution in [2.75, 3.05) is 12.4 Å². The van der Waals surface area contributed by atoms with Gasteiger partial charge in [-0.05, 0) is 37.0 Å². The first-order valence-electron chi connectivity index (χ1n) is 6.46. The van der Waals surface area contributed by atoms with Gasteiger partial charge in [0.2, 0.25) is 5.91 Å². The third kappa shape index (κ3) is 4.73. The molecule has 2 atom stereocenters. The summed E-state index contributed by atoms with van der Waals surface area (Å²) in [6, 6.07) is 0. The first-order valence-corrected chi connectivity index (χ1v) is 6.99. The third-order valence-electron chi connectivity index (χ3n) is 3.52. The van der Waals surface area contributed by atoms with Crippen molar-refractivity contribution in [1.29, 1.82) is 0 Å². The Morgan fingerprint density at radius 2 is 2.06 bits per heavy atom. The van der Waals surface area contributed by atoms with Gasteiger partial charge in [0.15, 0.2) is 0 Å². The smallest absolute Gasteiger partial charge is 0.220 e. The highest BCUT2D eigenvalue weighted by atomic mass is 35.5. The van der Waals surface area contributed by atoms with Crippen molar-refractivity contribution in [2.45, 2.75) is 46.0 Å². The molecule has 0 aromatic carbocycles. The van der Waals surface area contributed by atoms with Gasteiger partial charge in [-0.15, -0.1) is 11.6 Å². The number of carbonyl (C=O) groups is 1. The minimum atomic E-state index is 0.203. The SMILES string of the molecule is CC(C)CCC(=O)NCC1CCCC1CCl. The summed E-state index contributed by atoms with van der Waals surface area (Å²) in [4.78, 5) is 11.6. The van der Waals surface area contributed by atoms with Crippen LogP contribution in [0.15, 0.2) is 0 Å². The molecule has 0 aromatic rings. The monoisotopic (exact) mass is 245 g/mol. The zero-order valence-corrected chi connectivity index (χ0v) is 11.2.